The van der Waals surface area contributed by atoms with Crippen molar-refractivity contribution in [2.45, 2.75) is 96.8 Å². The van der Waals surface area contributed by atoms with E-state index in [1.165, 1.54) is 0 Å². The summed E-state index contributed by atoms with van der Waals surface area (Å²) in [5.41, 5.74) is 2.91. The van der Waals surface area contributed by atoms with Gasteiger partial charge < -0.3 is 4.74 Å². The van der Waals surface area contributed by atoms with Crippen molar-refractivity contribution in [2.75, 3.05) is 6.61 Å². The van der Waals surface area contributed by atoms with Crippen LogP contribution in [-0.2, 0) is 6.42 Å². The van der Waals surface area contributed by atoms with Crippen LogP contribution >= 0.6 is 0 Å². The van der Waals surface area contributed by atoms with E-state index in [1.54, 1.807) is 24.3 Å². The van der Waals surface area contributed by atoms with Crippen LogP contribution in [0.2, 0.25) is 0 Å². The van der Waals surface area contributed by atoms with E-state index in [-0.39, 0.29) is 5.82 Å². The fourth-order valence-electron chi connectivity index (χ4n) is 5.81. The first-order chi connectivity index (χ1) is 17.5. The number of rotatable bonds is 10. The van der Waals surface area contributed by atoms with Gasteiger partial charge in [0, 0.05) is 5.56 Å². The molecule has 1 nitrogen and oxygen atoms in total. The predicted octanol–water partition coefficient (Wildman–Crippen LogP) is 9.78. The van der Waals surface area contributed by atoms with Crippen molar-refractivity contribution in [3.63, 3.8) is 0 Å². The average molecular weight is 499 g/mol. The van der Waals surface area contributed by atoms with E-state index in [4.69, 9.17) is 4.74 Å². The Morgan fingerprint density at radius 3 is 2.42 bits per heavy atom. The second-order valence-corrected chi connectivity index (χ2v) is 11.0. The van der Waals surface area contributed by atoms with E-state index in [2.05, 4.69) is 19.9 Å². The fourth-order valence-corrected chi connectivity index (χ4v) is 5.81. The first-order valence-corrected chi connectivity index (χ1v) is 14.0. The van der Waals surface area contributed by atoms with E-state index >= 15 is 0 Å². The van der Waals surface area contributed by atoms with Crippen LogP contribution in [0.3, 0.4) is 0 Å². The molecule has 0 N–H and O–H groups in total. The van der Waals surface area contributed by atoms with E-state index in [0.29, 0.717) is 47.7 Å². The molecule has 1 saturated carbocycles. The summed E-state index contributed by atoms with van der Waals surface area (Å²) in [7, 11) is 0. The van der Waals surface area contributed by atoms with Crippen molar-refractivity contribution < 1.29 is 17.9 Å². The molecule has 1 atom stereocenters. The van der Waals surface area contributed by atoms with Crippen molar-refractivity contribution in [2.24, 2.45) is 11.8 Å². The van der Waals surface area contributed by atoms with E-state index in [1.807, 2.05) is 6.07 Å². The monoisotopic (exact) mass is 498 g/mol. The lowest BCUT2D eigenvalue weighted by molar-refractivity contribution is 0.289. The molecule has 0 amide bonds. The standard InChI is InChI=1S/C32H41F3O/c1-3-4-5-20-36-30-19-17-27(21-29(30)33)24-13-8-23(9-14-24)10-15-26-16-18-28(32(35)31(26)34)25-11-6-22(2)7-12-25/h11,16-19,21-24H,3-10,12-15,20H2,1-2H3. The van der Waals surface area contributed by atoms with Gasteiger partial charge in [0.2, 0.25) is 0 Å². The molecule has 0 saturated heterocycles. The van der Waals surface area contributed by atoms with Crippen molar-refractivity contribution in [1.29, 1.82) is 0 Å². The maximum absolute atomic E-state index is 14.9. The van der Waals surface area contributed by atoms with Crippen LogP contribution < -0.4 is 4.74 Å². The zero-order chi connectivity index (χ0) is 25.5. The number of ether oxygens (including phenoxy) is 1. The number of aryl methyl sites for hydroxylation is 1. The van der Waals surface area contributed by atoms with Crippen LogP contribution in [0.1, 0.15) is 107 Å². The number of hydrogen-bond acceptors (Lipinski definition) is 1. The number of halogens is 3. The normalized spacial score (nSPS) is 22.4. The number of allylic oxidation sites excluding steroid dienone is 2. The minimum absolute atomic E-state index is 0.273. The Kier molecular flexibility index (Phi) is 9.56. The quantitative estimate of drug-likeness (QED) is 0.296. The largest absolute Gasteiger partial charge is 0.491 e. The van der Waals surface area contributed by atoms with E-state index < -0.39 is 11.6 Å². The number of unbranched alkanes of at least 4 members (excludes halogenated alkanes) is 2. The van der Waals surface area contributed by atoms with Crippen LogP contribution in [0, 0.1) is 29.3 Å². The van der Waals surface area contributed by atoms with Gasteiger partial charge >= 0.3 is 0 Å². The van der Waals surface area contributed by atoms with E-state index in [9.17, 15) is 13.2 Å². The number of hydrogen-bond donors (Lipinski definition) is 0. The molecular weight excluding hydrogens is 457 g/mol. The molecule has 0 aromatic heterocycles. The van der Waals surface area contributed by atoms with Gasteiger partial charge in [-0.3, -0.25) is 0 Å². The van der Waals surface area contributed by atoms with Gasteiger partial charge in [0.1, 0.15) is 0 Å². The summed E-state index contributed by atoms with van der Waals surface area (Å²) >= 11 is 0. The van der Waals surface area contributed by atoms with E-state index in [0.717, 1.165) is 81.8 Å². The Morgan fingerprint density at radius 2 is 1.72 bits per heavy atom. The van der Waals surface area contributed by atoms with Gasteiger partial charge in [-0.1, -0.05) is 51.0 Å². The van der Waals surface area contributed by atoms with Crippen molar-refractivity contribution in [1.82, 2.24) is 0 Å². The van der Waals surface area contributed by atoms with Gasteiger partial charge in [-0.25, -0.2) is 13.2 Å². The second-order valence-electron chi connectivity index (χ2n) is 11.0. The van der Waals surface area contributed by atoms with Gasteiger partial charge in [0.25, 0.3) is 0 Å². The first kappa shape index (κ1) is 26.8. The summed E-state index contributed by atoms with van der Waals surface area (Å²) in [4.78, 5) is 0. The van der Waals surface area contributed by atoms with Crippen molar-refractivity contribution >= 4 is 5.57 Å². The molecule has 2 aliphatic carbocycles. The van der Waals surface area contributed by atoms with Crippen LogP contribution in [0.5, 0.6) is 5.75 Å². The van der Waals surface area contributed by atoms with Crippen LogP contribution in [0.15, 0.2) is 36.4 Å². The molecule has 1 unspecified atom stereocenters. The zero-order valence-corrected chi connectivity index (χ0v) is 21.9. The predicted molar refractivity (Wildman–Crippen MR) is 142 cm³/mol. The van der Waals surface area contributed by atoms with Gasteiger partial charge in [0.15, 0.2) is 23.2 Å². The Balaban J connectivity index is 1.27. The molecular formula is C32H41F3O. The third kappa shape index (κ3) is 6.75. The summed E-state index contributed by atoms with van der Waals surface area (Å²) in [5.74, 6) is 0.180. The lowest BCUT2D eigenvalue weighted by Crippen LogP contribution is -2.15. The third-order valence-corrected chi connectivity index (χ3v) is 8.28. The summed E-state index contributed by atoms with van der Waals surface area (Å²) in [6.45, 7) is 4.88. The highest BCUT2D eigenvalue weighted by Gasteiger charge is 2.24. The first-order valence-electron chi connectivity index (χ1n) is 14.0. The van der Waals surface area contributed by atoms with Crippen LogP contribution in [0.4, 0.5) is 13.2 Å². The molecule has 36 heavy (non-hydrogen) atoms. The van der Waals surface area contributed by atoms with Gasteiger partial charge in [-0.2, -0.15) is 0 Å². The van der Waals surface area contributed by atoms with Crippen LogP contribution in [0.25, 0.3) is 5.57 Å². The lowest BCUT2D eigenvalue weighted by atomic mass is 9.77. The highest BCUT2D eigenvalue weighted by atomic mass is 19.2. The van der Waals surface area contributed by atoms with Gasteiger partial charge in [0.05, 0.1) is 6.61 Å². The summed E-state index contributed by atoms with van der Waals surface area (Å²) in [5, 5.41) is 0. The molecule has 2 aliphatic rings. The molecule has 0 radical (unpaired) electrons. The molecule has 2 aromatic rings. The van der Waals surface area contributed by atoms with Crippen LogP contribution in [-0.4, -0.2) is 6.61 Å². The molecule has 4 heteroatoms. The Hall–Kier alpha value is -2.23. The molecule has 1 fully saturated rings. The third-order valence-electron chi connectivity index (χ3n) is 8.28. The lowest BCUT2D eigenvalue weighted by Gasteiger charge is -2.29. The molecule has 2 aromatic carbocycles. The highest BCUT2D eigenvalue weighted by Crippen LogP contribution is 2.39. The fraction of sp³-hybridized carbons (Fsp3) is 0.562. The summed E-state index contributed by atoms with van der Waals surface area (Å²) in [6.07, 6.45) is 13.5. The number of benzene rings is 2. The molecule has 0 heterocycles. The molecule has 0 bridgehead atoms. The SMILES string of the molecule is CCCCCOc1ccc(C2CCC(CCc3ccc(C4=CCC(C)CC4)c(F)c3F)CC2)cc1F. The second kappa shape index (κ2) is 12.8. The molecule has 196 valence electrons. The minimum atomic E-state index is -0.683. The maximum atomic E-state index is 14.9. The smallest absolute Gasteiger partial charge is 0.166 e. The Morgan fingerprint density at radius 1 is 0.917 bits per heavy atom. The highest BCUT2D eigenvalue weighted by molar-refractivity contribution is 5.67. The van der Waals surface area contributed by atoms with Crippen molar-refractivity contribution in [3.8, 4) is 5.75 Å². The molecule has 0 aliphatic heterocycles. The topological polar surface area (TPSA) is 9.23 Å². The molecule has 0 spiro atoms. The van der Waals surface area contributed by atoms with Gasteiger partial charge in [-0.15, -0.1) is 0 Å². The molecule has 4 rings (SSSR count). The summed E-state index contributed by atoms with van der Waals surface area (Å²) < 4.78 is 49.9. The Labute approximate surface area is 215 Å². The Bertz CT molecular complexity index is 1040. The minimum Gasteiger partial charge on any atom is -0.491 e. The maximum Gasteiger partial charge on any atom is 0.166 e. The van der Waals surface area contributed by atoms with Crippen molar-refractivity contribution in [3.05, 3.63) is 70.5 Å². The van der Waals surface area contributed by atoms with Gasteiger partial charge in [-0.05, 0) is 111 Å². The summed E-state index contributed by atoms with van der Waals surface area (Å²) in [6, 6.07) is 8.98. The average Bonchev–Trinajstić information content (AvgIpc) is 2.89. The zero-order valence-electron chi connectivity index (χ0n) is 21.9.